The van der Waals surface area contributed by atoms with Gasteiger partial charge in [0.05, 0.1) is 12.8 Å². The van der Waals surface area contributed by atoms with Gasteiger partial charge in [-0.3, -0.25) is 9.69 Å². The van der Waals surface area contributed by atoms with E-state index in [9.17, 15) is 9.59 Å². The molecule has 0 unspecified atom stereocenters. The quantitative estimate of drug-likeness (QED) is 0.817. The number of hydrogen-bond donors (Lipinski definition) is 1. The Morgan fingerprint density at radius 2 is 2.20 bits per heavy atom. The first kappa shape index (κ1) is 15.8. The van der Waals surface area contributed by atoms with Crippen LogP contribution in [0.25, 0.3) is 0 Å². The SMILES string of the molecule is C=CCOC(=O)N(CC(=O)O)c1cc(Cl)ccc1OC. The van der Waals surface area contributed by atoms with Crippen molar-refractivity contribution in [1.29, 1.82) is 0 Å². The van der Waals surface area contributed by atoms with Gasteiger partial charge in [-0.2, -0.15) is 0 Å². The number of carboxylic acid groups (broad SMARTS) is 1. The molecule has 6 nitrogen and oxygen atoms in total. The zero-order valence-electron chi connectivity index (χ0n) is 10.8. The van der Waals surface area contributed by atoms with Gasteiger partial charge in [0.15, 0.2) is 0 Å². The van der Waals surface area contributed by atoms with Crippen molar-refractivity contribution in [2.45, 2.75) is 0 Å². The Morgan fingerprint density at radius 3 is 2.75 bits per heavy atom. The number of carbonyl (C=O) groups excluding carboxylic acids is 1. The van der Waals surface area contributed by atoms with Crippen molar-refractivity contribution in [3.63, 3.8) is 0 Å². The molecule has 1 N–H and O–H groups in total. The molecule has 0 saturated heterocycles. The lowest BCUT2D eigenvalue weighted by Crippen LogP contribution is -2.36. The molecule has 0 heterocycles. The summed E-state index contributed by atoms with van der Waals surface area (Å²) in [6.45, 7) is 2.81. The number of nitrogens with zero attached hydrogens (tertiary/aromatic N) is 1. The molecule has 0 aliphatic heterocycles. The van der Waals surface area contributed by atoms with E-state index in [0.717, 1.165) is 4.90 Å². The number of methoxy groups -OCH3 is 1. The van der Waals surface area contributed by atoms with E-state index in [2.05, 4.69) is 6.58 Å². The molecule has 0 spiro atoms. The molecule has 0 aliphatic carbocycles. The fourth-order valence-electron chi connectivity index (χ4n) is 1.47. The van der Waals surface area contributed by atoms with E-state index in [1.165, 1.54) is 25.3 Å². The third-order valence-electron chi connectivity index (χ3n) is 2.27. The van der Waals surface area contributed by atoms with Crippen LogP contribution >= 0.6 is 11.6 Å². The Bertz CT molecular complexity index is 517. The average Bonchev–Trinajstić information content (AvgIpc) is 2.41. The number of anilines is 1. The first-order chi connectivity index (χ1) is 9.49. The van der Waals surface area contributed by atoms with Crippen LogP contribution in [0.4, 0.5) is 10.5 Å². The van der Waals surface area contributed by atoms with E-state index < -0.39 is 18.6 Å². The van der Waals surface area contributed by atoms with Crippen molar-refractivity contribution in [3.8, 4) is 5.75 Å². The molecule has 108 valence electrons. The highest BCUT2D eigenvalue weighted by molar-refractivity contribution is 6.31. The molecule has 1 aromatic carbocycles. The number of halogens is 1. The lowest BCUT2D eigenvalue weighted by molar-refractivity contribution is -0.135. The summed E-state index contributed by atoms with van der Waals surface area (Å²) in [7, 11) is 1.40. The molecule has 0 aromatic heterocycles. The van der Waals surface area contributed by atoms with Gasteiger partial charge in [-0.1, -0.05) is 24.3 Å². The molecule has 7 heteroatoms. The van der Waals surface area contributed by atoms with E-state index in [0.29, 0.717) is 10.8 Å². The monoisotopic (exact) mass is 299 g/mol. The van der Waals surface area contributed by atoms with Gasteiger partial charge in [-0.25, -0.2) is 4.79 Å². The van der Waals surface area contributed by atoms with Gasteiger partial charge in [0, 0.05) is 5.02 Å². The van der Waals surface area contributed by atoms with Gasteiger partial charge in [0.25, 0.3) is 0 Å². The second-order valence-electron chi connectivity index (χ2n) is 3.66. The molecule has 0 aliphatic rings. The third kappa shape index (κ3) is 4.17. The largest absolute Gasteiger partial charge is 0.495 e. The van der Waals surface area contributed by atoms with Gasteiger partial charge in [0.1, 0.15) is 18.9 Å². The van der Waals surface area contributed by atoms with Crippen LogP contribution in [-0.2, 0) is 9.53 Å². The Kier molecular flexibility index (Phi) is 5.86. The summed E-state index contributed by atoms with van der Waals surface area (Å²) >= 11 is 5.87. The number of carboxylic acids is 1. The molecule has 0 radical (unpaired) electrons. The van der Waals surface area contributed by atoms with Crippen molar-refractivity contribution in [3.05, 3.63) is 35.9 Å². The number of aliphatic carboxylic acids is 1. The number of benzene rings is 1. The summed E-state index contributed by atoms with van der Waals surface area (Å²) < 4.78 is 9.95. The van der Waals surface area contributed by atoms with Crippen LogP contribution in [-0.4, -0.2) is 37.4 Å². The number of ether oxygens (including phenoxy) is 2. The third-order valence-corrected chi connectivity index (χ3v) is 2.51. The number of hydrogen-bond acceptors (Lipinski definition) is 4. The highest BCUT2D eigenvalue weighted by atomic mass is 35.5. The molecular weight excluding hydrogens is 286 g/mol. The second kappa shape index (κ2) is 7.40. The lowest BCUT2D eigenvalue weighted by Gasteiger charge is -2.22. The first-order valence-electron chi connectivity index (χ1n) is 5.60. The lowest BCUT2D eigenvalue weighted by atomic mass is 10.2. The van der Waals surface area contributed by atoms with Gasteiger partial charge in [0.2, 0.25) is 0 Å². The van der Waals surface area contributed by atoms with Crippen LogP contribution in [0, 0.1) is 0 Å². The maximum Gasteiger partial charge on any atom is 0.415 e. The fourth-order valence-corrected chi connectivity index (χ4v) is 1.63. The molecule has 0 fully saturated rings. The molecule has 0 bridgehead atoms. The van der Waals surface area contributed by atoms with E-state index in [1.807, 2.05) is 0 Å². The standard InChI is InChI=1S/C13H14ClNO5/c1-3-6-20-13(18)15(8-12(16)17)10-7-9(14)4-5-11(10)19-2/h3-5,7H,1,6,8H2,2H3,(H,16,17). The Balaban J connectivity index is 3.15. The van der Waals surface area contributed by atoms with Gasteiger partial charge in [-0.15, -0.1) is 0 Å². The normalized spacial score (nSPS) is 9.70. The van der Waals surface area contributed by atoms with Crippen LogP contribution in [0.1, 0.15) is 0 Å². The van der Waals surface area contributed by atoms with Crippen LogP contribution in [0.3, 0.4) is 0 Å². The zero-order valence-corrected chi connectivity index (χ0v) is 11.6. The minimum atomic E-state index is -1.19. The van der Waals surface area contributed by atoms with E-state index in [-0.39, 0.29) is 12.3 Å². The average molecular weight is 300 g/mol. The van der Waals surface area contributed by atoms with Crippen LogP contribution in [0.5, 0.6) is 5.75 Å². The molecule has 20 heavy (non-hydrogen) atoms. The second-order valence-corrected chi connectivity index (χ2v) is 4.10. The highest BCUT2D eigenvalue weighted by Gasteiger charge is 2.23. The number of rotatable bonds is 6. The maximum absolute atomic E-state index is 11.9. The highest BCUT2D eigenvalue weighted by Crippen LogP contribution is 2.31. The van der Waals surface area contributed by atoms with Gasteiger partial charge >= 0.3 is 12.1 Å². The topological polar surface area (TPSA) is 76.1 Å². The predicted octanol–water partition coefficient (Wildman–Crippen LogP) is 2.56. The summed E-state index contributed by atoms with van der Waals surface area (Å²) in [5, 5.41) is 9.25. The van der Waals surface area contributed by atoms with Crippen molar-refractivity contribution >= 4 is 29.4 Å². The summed E-state index contributed by atoms with van der Waals surface area (Å²) in [5.74, 6) is -0.881. The van der Waals surface area contributed by atoms with Crippen LogP contribution < -0.4 is 9.64 Å². The Hall–Kier alpha value is -2.21. The number of carbonyl (C=O) groups is 2. The molecule has 1 aromatic rings. The number of amides is 1. The van der Waals surface area contributed by atoms with E-state index in [1.54, 1.807) is 6.07 Å². The van der Waals surface area contributed by atoms with Crippen molar-refractivity contribution in [1.82, 2.24) is 0 Å². The van der Waals surface area contributed by atoms with Crippen LogP contribution in [0.15, 0.2) is 30.9 Å². The fraction of sp³-hybridized carbons (Fsp3) is 0.231. The summed E-state index contributed by atoms with van der Waals surface area (Å²) in [6, 6.07) is 4.53. The molecule has 1 rings (SSSR count). The van der Waals surface area contributed by atoms with Crippen molar-refractivity contribution in [2.75, 3.05) is 25.2 Å². The van der Waals surface area contributed by atoms with E-state index >= 15 is 0 Å². The maximum atomic E-state index is 11.9. The zero-order chi connectivity index (χ0) is 15.1. The van der Waals surface area contributed by atoms with Crippen molar-refractivity contribution < 1.29 is 24.2 Å². The first-order valence-corrected chi connectivity index (χ1v) is 5.98. The molecular formula is C13H14ClNO5. The summed E-state index contributed by atoms with van der Waals surface area (Å²) in [5.41, 5.74) is 0.219. The predicted molar refractivity (Wildman–Crippen MR) is 74.5 cm³/mol. The molecule has 0 saturated carbocycles. The minimum absolute atomic E-state index is 0.0299. The Labute approximate surface area is 121 Å². The smallest absolute Gasteiger partial charge is 0.415 e. The molecule has 1 amide bonds. The summed E-state index contributed by atoms with van der Waals surface area (Å²) in [4.78, 5) is 23.7. The molecule has 0 atom stereocenters. The Morgan fingerprint density at radius 1 is 1.50 bits per heavy atom. The summed E-state index contributed by atoms with van der Waals surface area (Å²) in [6.07, 6.45) is 0.555. The van der Waals surface area contributed by atoms with Crippen LogP contribution in [0.2, 0.25) is 5.02 Å². The minimum Gasteiger partial charge on any atom is -0.495 e. The van der Waals surface area contributed by atoms with E-state index in [4.69, 9.17) is 26.2 Å². The van der Waals surface area contributed by atoms with Crippen molar-refractivity contribution in [2.24, 2.45) is 0 Å². The van der Waals surface area contributed by atoms with Gasteiger partial charge in [-0.05, 0) is 18.2 Å². The van der Waals surface area contributed by atoms with Gasteiger partial charge < -0.3 is 14.6 Å².